The molecule has 4 nitrogen and oxygen atoms in total. The van der Waals surface area contributed by atoms with Gasteiger partial charge in [-0.25, -0.2) is 0 Å². The van der Waals surface area contributed by atoms with Crippen LogP contribution in [-0.2, 0) is 25.6 Å². The van der Waals surface area contributed by atoms with Crippen LogP contribution in [0.1, 0.15) is 50.5 Å². The predicted octanol–water partition coefficient (Wildman–Crippen LogP) is 3.83. The standard InChI is InChI=1S/C20H28O4/c1-2-6-15(7-3-1)14-22-16-9-10-18-19(12-11-17(16)23-18)24-20-8-4-5-13-21-20/h1-3,6-7,16-20H,4-5,8-14H2/t16-,17-,18-,19-,20?/m1/s1. The molecule has 132 valence electrons. The fourth-order valence-corrected chi connectivity index (χ4v) is 4.07. The zero-order valence-corrected chi connectivity index (χ0v) is 14.3. The third-order valence-electron chi connectivity index (χ3n) is 5.42. The lowest BCUT2D eigenvalue weighted by atomic mass is 9.87. The lowest BCUT2D eigenvalue weighted by molar-refractivity contribution is -0.256. The Kier molecular flexibility index (Phi) is 5.48. The average Bonchev–Trinajstić information content (AvgIpc) is 2.65. The monoisotopic (exact) mass is 332 g/mol. The molecule has 0 saturated carbocycles. The van der Waals surface area contributed by atoms with Crippen LogP contribution < -0.4 is 0 Å². The second kappa shape index (κ2) is 7.96. The van der Waals surface area contributed by atoms with E-state index in [0.29, 0.717) is 6.61 Å². The largest absolute Gasteiger partial charge is 0.371 e. The maximum Gasteiger partial charge on any atom is 0.158 e. The number of benzene rings is 1. The van der Waals surface area contributed by atoms with Crippen LogP contribution >= 0.6 is 0 Å². The highest BCUT2D eigenvalue weighted by Gasteiger charge is 2.41. The van der Waals surface area contributed by atoms with Gasteiger partial charge >= 0.3 is 0 Å². The average molecular weight is 332 g/mol. The fraction of sp³-hybridized carbons (Fsp3) is 0.700. The number of ether oxygens (including phenoxy) is 4. The van der Waals surface area contributed by atoms with Gasteiger partial charge in [-0.15, -0.1) is 0 Å². The molecule has 1 aromatic rings. The van der Waals surface area contributed by atoms with E-state index in [9.17, 15) is 0 Å². The maximum atomic E-state index is 6.27. The molecule has 0 aliphatic carbocycles. The summed E-state index contributed by atoms with van der Waals surface area (Å²) in [5.74, 6) is 0. The van der Waals surface area contributed by atoms with Gasteiger partial charge in [0.2, 0.25) is 0 Å². The summed E-state index contributed by atoms with van der Waals surface area (Å²) in [6, 6.07) is 10.4. The summed E-state index contributed by atoms with van der Waals surface area (Å²) < 4.78 is 24.3. The van der Waals surface area contributed by atoms with Crippen molar-refractivity contribution in [3.05, 3.63) is 35.9 Å². The van der Waals surface area contributed by atoms with Crippen LogP contribution in [-0.4, -0.2) is 37.3 Å². The van der Waals surface area contributed by atoms with Crippen molar-refractivity contribution in [2.24, 2.45) is 0 Å². The molecule has 0 radical (unpaired) electrons. The molecule has 0 aromatic heterocycles. The summed E-state index contributed by atoms with van der Waals surface area (Å²) in [7, 11) is 0. The predicted molar refractivity (Wildman–Crippen MR) is 90.6 cm³/mol. The molecule has 4 rings (SSSR count). The van der Waals surface area contributed by atoms with Gasteiger partial charge in [0.1, 0.15) is 0 Å². The van der Waals surface area contributed by atoms with Crippen LogP contribution in [0.3, 0.4) is 0 Å². The molecule has 0 N–H and O–H groups in total. The molecule has 3 aliphatic heterocycles. The van der Waals surface area contributed by atoms with Crippen molar-refractivity contribution in [2.75, 3.05) is 6.61 Å². The smallest absolute Gasteiger partial charge is 0.158 e. The first-order valence-corrected chi connectivity index (χ1v) is 9.46. The summed E-state index contributed by atoms with van der Waals surface area (Å²) in [6.45, 7) is 1.51. The summed E-state index contributed by atoms with van der Waals surface area (Å²) >= 11 is 0. The van der Waals surface area contributed by atoms with Crippen molar-refractivity contribution < 1.29 is 18.9 Å². The molecule has 1 unspecified atom stereocenters. The first kappa shape index (κ1) is 16.5. The van der Waals surface area contributed by atoms with Crippen molar-refractivity contribution in [1.29, 1.82) is 0 Å². The third-order valence-corrected chi connectivity index (χ3v) is 5.42. The zero-order chi connectivity index (χ0) is 16.2. The summed E-state index contributed by atoms with van der Waals surface area (Å²) in [5, 5.41) is 0. The minimum Gasteiger partial charge on any atom is -0.371 e. The zero-order valence-electron chi connectivity index (χ0n) is 14.3. The summed E-state index contributed by atoms with van der Waals surface area (Å²) in [4.78, 5) is 0. The Hall–Kier alpha value is -0.940. The van der Waals surface area contributed by atoms with Gasteiger partial charge in [-0.2, -0.15) is 0 Å². The molecule has 3 aliphatic rings. The van der Waals surface area contributed by atoms with Crippen LogP contribution in [0.5, 0.6) is 0 Å². The molecule has 24 heavy (non-hydrogen) atoms. The normalized spacial score (nSPS) is 36.4. The molecule has 3 fully saturated rings. The Balaban J connectivity index is 1.26. The Morgan fingerprint density at radius 3 is 2.46 bits per heavy atom. The number of rotatable bonds is 5. The van der Waals surface area contributed by atoms with Crippen molar-refractivity contribution >= 4 is 0 Å². The van der Waals surface area contributed by atoms with Gasteiger partial charge < -0.3 is 18.9 Å². The summed E-state index contributed by atoms with van der Waals surface area (Å²) in [6.07, 6.45) is 8.38. The number of hydrogen-bond acceptors (Lipinski definition) is 4. The summed E-state index contributed by atoms with van der Waals surface area (Å²) in [5.41, 5.74) is 1.23. The van der Waals surface area contributed by atoms with Gasteiger partial charge in [-0.1, -0.05) is 30.3 Å². The second-order valence-electron chi connectivity index (χ2n) is 7.17. The lowest BCUT2D eigenvalue weighted by Gasteiger charge is -2.45. The van der Waals surface area contributed by atoms with Crippen LogP contribution in [0.15, 0.2) is 30.3 Å². The van der Waals surface area contributed by atoms with Crippen LogP contribution in [0.4, 0.5) is 0 Å². The van der Waals surface area contributed by atoms with Gasteiger partial charge in [0.05, 0.1) is 31.0 Å². The van der Waals surface area contributed by atoms with E-state index < -0.39 is 0 Å². The van der Waals surface area contributed by atoms with Crippen LogP contribution in [0.25, 0.3) is 0 Å². The van der Waals surface area contributed by atoms with Gasteiger partial charge in [-0.05, 0) is 50.5 Å². The first-order chi connectivity index (χ1) is 11.9. The van der Waals surface area contributed by atoms with Crippen LogP contribution in [0, 0.1) is 0 Å². The molecule has 0 amide bonds. The molecule has 5 atom stereocenters. The van der Waals surface area contributed by atoms with E-state index >= 15 is 0 Å². The highest BCUT2D eigenvalue weighted by molar-refractivity contribution is 5.13. The van der Waals surface area contributed by atoms with Gasteiger partial charge in [-0.3, -0.25) is 0 Å². The molecule has 1 aromatic carbocycles. The van der Waals surface area contributed by atoms with E-state index in [2.05, 4.69) is 24.3 Å². The van der Waals surface area contributed by atoms with E-state index in [1.165, 1.54) is 12.0 Å². The van der Waals surface area contributed by atoms with Gasteiger partial charge in [0, 0.05) is 6.61 Å². The van der Waals surface area contributed by atoms with Crippen molar-refractivity contribution in [3.63, 3.8) is 0 Å². The minimum atomic E-state index is -0.0176. The van der Waals surface area contributed by atoms with E-state index in [1.807, 2.05) is 6.07 Å². The minimum absolute atomic E-state index is 0.0176. The van der Waals surface area contributed by atoms with Crippen molar-refractivity contribution in [2.45, 2.75) is 82.3 Å². The molecular weight excluding hydrogens is 304 g/mol. The molecule has 2 bridgehead atoms. The van der Waals surface area contributed by atoms with E-state index in [1.54, 1.807) is 0 Å². The maximum absolute atomic E-state index is 6.27. The highest BCUT2D eigenvalue weighted by atomic mass is 16.7. The van der Waals surface area contributed by atoms with Crippen molar-refractivity contribution in [3.8, 4) is 0 Å². The fourth-order valence-electron chi connectivity index (χ4n) is 4.07. The SMILES string of the molecule is c1ccc(CO[C@@H]2CC[C@H]3O[C@@H]2CC[C@H]3OC2CCCCO2)cc1. The van der Waals surface area contributed by atoms with Crippen LogP contribution in [0.2, 0.25) is 0 Å². The van der Waals surface area contributed by atoms with E-state index in [-0.39, 0.29) is 30.7 Å². The Morgan fingerprint density at radius 1 is 0.875 bits per heavy atom. The molecule has 3 saturated heterocycles. The molecule has 0 spiro atoms. The quantitative estimate of drug-likeness (QED) is 0.821. The number of fused-ring (bicyclic) bond motifs is 2. The molecule has 3 heterocycles. The second-order valence-corrected chi connectivity index (χ2v) is 7.17. The van der Waals surface area contributed by atoms with E-state index in [4.69, 9.17) is 18.9 Å². The topological polar surface area (TPSA) is 36.9 Å². The Labute approximate surface area is 144 Å². The molecule has 4 heteroatoms. The number of hydrogen-bond donors (Lipinski definition) is 0. The van der Waals surface area contributed by atoms with Gasteiger partial charge in [0.25, 0.3) is 0 Å². The molecular formula is C20H28O4. The first-order valence-electron chi connectivity index (χ1n) is 9.46. The van der Waals surface area contributed by atoms with E-state index in [0.717, 1.165) is 45.1 Å². The highest BCUT2D eigenvalue weighted by Crippen LogP contribution is 2.35. The van der Waals surface area contributed by atoms with Crippen molar-refractivity contribution in [1.82, 2.24) is 0 Å². The van der Waals surface area contributed by atoms with Gasteiger partial charge in [0.15, 0.2) is 6.29 Å². The Bertz CT molecular complexity index is 500. The lowest BCUT2D eigenvalue weighted by Crippen LogP contribution is -2.51. The third kappa shape index (κ3) is 3.99. The Morgan fingerprint density at radius 2 is 1.67 bits per heavy atom.